The molecule has 1 aromatic carbocycles. The molecule has 1 aromatic heterocycles. The van der Waals surface area contributed by atoms with Crippen LogP contribution in [0.15, 0.2) is 29.4 Å². The monoisotopic (exact) mass is 286 g/mol. The van der Waals surface area contributed by atoms with Gasteiger partial charge in [-0.05, 0) is 50.6 Å². The van der Waals surface area contributed by atoms with E-state index in [4.69, 9.17) is 4.74 Å². The number of aromatic nitrogens is 2. The van der Waals surface area contributed by atoms with Gasteiger partial charge in [-0.25, -0.2) is 15.4 Å². The summed E-state index contributed by atoms with van der Waals surface area (Å²) in [6, 6.07) is 6.98. The molecular weight excluding hydrogens is 268 g/mol. The highest BCUT2D eigenvalue weighted by molar-refractivity contribution is 5.81. The van der Waals surface area contributed by atoms with Crippen molar-refractivity contribution >= 4 is 12.2 Å². The highest BCUT2D eigenvalue weighted by atomic mass is 16.5. The number of benzene rings is 1. The molecule has 1 heterocycles. The summed E-state index contributed by atoms with van der Waals surface area (Å²) in [6.45, 7) is 6.16. The summed E-state index contributed by atoms with van der Waals surface area (Å²) < 4.78 is 5.26. The molecule has 0 radical (unpaired) electrons. The van der Waals surface area contributed by atoms with Crippen LogP contribution in [-0.2, 0) is 0 Å². The number of hydrogen-bond acceptors (Lipinski definition) is 6. The van der Waals surface area contributed by atoms with Crippen LogP contribution in [0.5, 0.6) is 11.5 Å². The number of aryl methyl sites for hydroxylation is 2. The first-order chi connectivity index (χ1) is 10.1. The minimum atomic E-state index is 0.0865. The lowest BCUT2D eigenvalue weighted by Crippen LogP contribution is -1.99. The predicted molar refractivity (Wildman–Crippen MR) is 82.0 cm³/mol. The van der Waals surface area contributed by atoms with Crippen molar-refractivity contribution in [2.45, 2.75) is 20.8 Å². The van der Waals surface area contributed by atoms with Crippen molar-refractivity contribution in [1.82, 2.24) is 9.97 Å². The highest BCUT2D eigenvalue weighted by Gasteiger charge is 2.02. The van der Waals surface area contributed by atoms with E-state index in [1.807, 2.05) is 26.8 Å². The fourth-order valence-corrected chi connectivity index (χ4v) is 1.83. The van der Waals surface area contributed by atoms with Crippen molar-refractivity contribution in [1.29, 1.82) is 0 Å². The van der Waals surface area contributed by atoms with Gasteiger partial charge in [0.05, 0.1) is 12.8 Å². The molecule has 0 unspecified atom stereocenters. The second-order valence-corrected chi connectivity index (χ2v) is 4.50. The SMILES string of the molecule is CCOc1ccc(/C=N\Nc2nc(C)cc(C)n2)cc1O. The van der Waals surface area contributed by atoms with Crippen molar-refractivity contribution in [2.24, 2.45) is 5.10 Å². The lowest BCUT2D eigenvalue weighted by Gasteiger charge is -2.05. The van der Waals surface area contributed by atoms with Crippen LogP contribution in [0, 0.1) is 13.8 Å². The number of phenols is 1. The van der Waals surface area contributed by atoms with Crippen LogP contribution in [0.3, 0.4) is 0 Å². The van der Waals surface area contributed by atoms with Crippen LogP contribution in [-0.4, -0.2) is 27.9 Å². The Morgan fingerprint density at radius 2 is 1.95 bits per heavy atom. The second kappa shape index (κ2) is 6.69. The molecule has 6 heteroatoms. The van der Waals surface area contributed by atoms with Gasteiger partial charge in [0.2, 0.25) is 5.95 Å². The molecule has 0 saturated carbocycles. The van der Waals surface area contributed by atoms with E-state index in [2.05, 4.69) is 20.5 Å². The van der Waals surface area contributed by atoms with Crippen molar-refractivity contribution in [3.63, 3.8) is 0 Å². The van der Waals surface area contributed by atoms with Crippen LogP contribution in [0.4, 0.5) is 5.95 Å². The average molecular weight is 286 g/mol. The number of aromatic hydroxyl groups is 1. The molecule has 2 rings (SSSR count). The average Bonchev–Trinajstić information content (AvgIpc) is 2.41. The molecular formula is C15H18N4O2. The second-order valence-electron chi connectivity index (χ2n) is 4.50. The Kier molecular flexibility index (Phi) is 4.71. The van der Waals surface area contributed by atoms with E-state index >= 15 is 0 Å². The molecule has 0 aliphatic carbocycles. The van der Waals surface area contributed by atoms with E-state index in [-0.39, 0.29) is 5.75 Å². The minimum absolute atomic E-state index is 0.0865. The van der Waals surface area contributed by atoms with Gasteiger partial charge in [-0.15, -0.1) is 0 Å². The third-order valence-corrected chi connectivity index (χ3v) is 2.64. The first-order valence-corrected chi connectivity index (χ1v) is 6.65. The molecule has 2 N–H and O–H groups in total. The Bertz CT molecular complexity index is 636. The zero-order chi connectivity index (χ0) is 15.2. The number of hydrazone groups is 1. The zero-order valence-electron chi connectivity index (χ0n) is 12.3. The first kappa shape index (κ1) is 14.8. The third kappa shape index (κ3) is 4.17. The molecule has 0 bridgehead atoms. The van der Waals surface area contributed by atoms with Crippen LogP contribution in [0.25, 0.3) is 0 Å². The largest absolute Gasteiger partial charge is 0.504 e. The van der Waals surface area contributed by atoms with Crippen LogP contribution >= 0.6 is 0 Å². The fraction of sp³-hybridized carbons (Fsp3) is 0.267. The summed E-state index contributed by atoms with van der Waals surface area (Å²) in [5.41, 5.74) is 5.26. The van der Waals surface area contributed by atoms with Crippen molar-refractivity contribution in [3.8, 4) is 11.5 Å². The molecule has 0 fully saturated rings. The van der Waals surface area contributed by atoms with E-state index < -0.39 is 0 Å². The van der Waals surface area contributed by atoms with E-state index in [1.165, 1.54) is 0 Å². The Labute approximate surface area is 123 Å². The van der Waals surface area contributed by atoms with Gasteiger partial charge in [-0.2, -0.15) is 5.10 Å². The Balaban J connectivity index is 2.05. The molecule has 0 amide bonds. The summed E-state index contributed by atoms with van der Waals surface area (Å²) in [5.74, 6) is 0.989. The smallest absolute Gasteiger partial charge is 0.243 e. The summed E-state index contributed by atoms with van der Waals surface area (Å²) >= 11 is 0. The molecule has 0 saturated heterocycles. The molecule has 0 spiro atoms. The van der Waals surface area contributed by atoms with Crippen LogP contribution in [0.1, 0.15) is 23.9 Å². The van der Waals surface area contributed by atoms with Crippen molar-refractivity contribution in [3.05, 3.63) is 41.2 Å². The minimum Gasteiger partial charge on any atom is -0.504 e. The van der Waals surface area contributed by atoms with Crippen molar-refractivity contribution < 1.29 is 9.84 Å². The van der Waals surface area contributed by atoms with Gasteiger partial charge in [-0.1, -0.05) is 0 Å². The summed E-state index contributed by atoms with van der Waals surface area (Å²) in [7, 11) is 0. The van der Waals surface area contributed by atoms with Crippen LogP contribution in [0.2, 0.25) is 0 Å². The van der Waals surface area contributed by atoms with Gasteiger partial charge in [0.25, 0.3) is 0 Å². The maximum atomic E-state index is 9.78. The number of anilines is 1. The first-order valence-electron chi connectivity index (χ1n) is 6.65. The molecule has 0 aliphatic heterocycles. The number of phenolic OH excluding ortho intramolecular Hbond substituents is 1. The lowest BCUT2D eigenvalue weighted by molar-refractivity contribution is 0.318. The van der Waals surface area contributed by atoms with Gasteiger partial charge in [0.1, 0.15) is 0 Å². The molecule has 0 aliphatic rings. The number of rotatable bonds is 5. The fourth-order valence-electron chi connectivity index (χ4n) is 1.83. The van der Waals surface area contributed by atoms with E-state index in [1.54, 1.807) is 24.4 Å². The molecule has 2 aromatic rings. The van der Waals surface area contributed by atoms with Gasteiger partial charge in [0.15, 0.2) is 11.5 Å². The van der Waals surface area contributed by atoms with Crippen LogP contribution < -0.4 is 10.2 Å². The normalized spacial score (nSPS) is 10.8. The van der Waals surface area contributed by atoms with Gasteiger partial charge in [-0.3, -0.25) is 0 Å². The number of nitrogens with zero attached hydrogens (tertiary/aromatic N) is 3. The lowest BCUT2D eigenvalue weighted by atomic mass is 10.2. The standard InChI is InChI=1S/C15H18N4O2/c1-4-21-14-6-5-12(8-13(14)20)9-16-19-15-17-10(2)7-11(3)18-15/h5-9,20H,4H2,1-3H3,(H,17,18,19)/b16-9-. The molecule has 110 valence electrons. The van der Waals surface area contributed by atoms with Gasteiger partial charge in [0, 0.05) is 11.4 Å². The predicted octanol–water partition coefficient (Wildman–Crippen LogP) is 2.64. The maximum absolute atomic E-state index is 9.78. The number of ether oxygens (including phenoxy) is 1. The third-order valence-electron chi connectivity index (χ3n) is 2.64. The van der Waals surface area contributed by atoms with E-state index in [9.17, 15) is 5.11 Å². The summed E-state index contributed by atoms with van der Waals surface area (Å²) in [4.78, 5) is 8.43. The molecule has 6 nitrogen and oxygen atoms in total. The van der Waals surface area contributed by atoms with Gasteiger partial charge >= 0.3 is 0 Å². The quantitative estimate of drug-likeness (QED) is 0.652. The molecule has 0 atom stereocenters. The Morgan fingerprint density at radius 1 is 1.24 bits per heavy atom. The number of nitrogens with one attached hydrogen (secondary N) is 1. The Hall–Kier alpha value is -2.63. The number of hydrogen-bond donors (Lipinski definition) is 2. The summed E-state index contributed by atoms with van der Waals surface area (Å²) in [5, 5.41) is 13.8. The van der Waals surface area contributed by atoms with E-state index in [0.29, 0.717) is 18.3 Å². The highest BCUT2D eigenvalue weighted by Crippen LogP contribution is 2.26. The van der Waals surface area contributed by atoms with E-state index in [0.717, 1.165) is 17.0 Å². The zero-order valence-corrected chi connectivity index (χ0v) is 12.3. The van der Waals surface area contributed by atoms with Gasteiger partial charge < -0.3 is 9.84 Å². The summed E-state index contributed by atoms with van der Waals surface area (Å²) in [6.07, 6.45) is 1.58. The van der Waals surface area contributed by atoms with Crippen molar-refractivity contribution in [2.75, 3.05) is 12.0 Å². The molecule has 21 heavy (non-hydrogen) atoms. The Morgan fingerprint density at radius 3 is 2.57 bits per heavy atom. The topological polar surface area (TPSA) is 79.6 Å². The maximum Gasteiger partial charge on any atom is 0.243 e.